The van der Waals surface area contributed by atoms with Gasteiger partial charge in [-0.15, -0.1) is 0 Å². The molecule has 1 N–H and O–H groups in total. The predicted octanol–water partition coefficient (Wildman–Crippen LogP) is 3.80. The lowest BCUT2D eigenvalue weighted by atomic mass is 10.2. The average Bonchev–Trinajstić information content (AvgIpc) is 2.80. The number of thioether (sulfide) groups is 1. The number of unbranched alkanes of at least 4 members (excludes halogenated alkanes) is 2. The molecule has 1 aromatic heterocycles. The highest BCUT2D eigenvalue weighted by atomic mass is 32.2. The molecular formula is C13H23NS2. The molecule has 1 nitrogen and oxygen atoms in total. The Morgan fingerprint density at radius 1 is 1.25 bits per heavy atom. The van der Waals surface area contributed by atoms with Crippen LogP contribution in [0, 0.1) is 0 Å². The van der Waals surface area contributed by atoms with Gasteiger partial charge in [-0.05, 0) is 47.5 Å². The second kappa shape index (κ2) is 10.2. The summed E-state index contributed by atoms with van der Waals surface area (Å²) in [4.78, 5) is 0. The first-order chi connectivity index (χ1) is 7.93. The third kappa shape index (κ3) is 7.31. The lowest BCUT2D eigenvalue weighted by molar-refractivity contribution is 0.721. The van der Waals surface area contributed by atoms with E-state index in [9.17, 15) is 0 Å². The van der Waals surface area contributed by atoms with Crippen molar-refractivity contribution in [3.05, 3.63) is 22.4 Å². The second-order valence-electron chi connectivity index (χ2n) is 3.95. The number of hydrogen-bond acceptors (Lipinski definition) is 3. The van der Waals surface area contributed by atoms with E-state index in [1.165, 1.54) is 42.8 Å². The van der Waals surface area contributed by atoms with Crippen molar-refractivity contribution in [2.75, 3.05) is 24.6 Å². The predicted molar refractivity (Wildman–Crippen MR) is 77.7 cm³/mol. The third-order valence-corrected chi connectivity index (χ3v) is 4.29. The van der Waals surface area contributed by atoms with Crippen LogP contribution in [0.15, 0.2) is 16.8 Å². The third-order valence-electron chi connectivity index (χ3n) is 2.49. The van der Waals surface area contributed by atoms with Gasteiger partial charge in [-0.25, -0.2) is 0 Å². The Balaban J connectivity index is 1.78. The zero-order valence-electron chi connectivity index (χ0n) is 10.2. The fraction of sp³-hybridized carbons (Fsp3) is 0.692. The Labute approximate surface area is 108 Å². The van der Waals surface area contributed by atoms with E-state index in [1.54, 1.807) is 11.3 Å². The molecule has 0 radical (unpaired) electrons. The molecule has 0 saturated carbocycles. The summed E-state index contributed by atoms with van der Waals surface area (Å²) in [5, 5.41) is 7.89. The molecule has 92 valence electrons. The topological polar surface area (TPSA) is 12.0 Å². The Bertz CT molecular complexity index is 234. The summed E-state index contributed by atoms with van der Waals surface area (Å²) in [7, 11) is 0. The number of thiophene rings is 1. The average molecular weight is 257 g/mol. The molecule has 0 aliphatic carbocycles. The molecule has 0 saturated heterocycles. The molecule has 0 amide bonds. The lowest BCUT2D eigenvalue weighted by Crippen LogP contribution is -2.20. The Hall–Kier alpha value is 0.01000. The van der Waals surface area contributed by atoms with Crippen LogP contribution in [0.1, 0.15) is 31.7 Å². The van der Waals surface area contributed by atoms with Crippen molar-refractivity contribution in [1.29, 1.82) is 0 Å². The van der Waals surface area contributed by atoms with E-state index < -0.39 is 0 Å². The maximum Gasteiger partial charge on any atom is 0.00581 e. The van der Waals surface area contributed by atoms with E-state index in [-0.39, 0.29) is 0 Å². The van der Waals surface area contributed by atoms with Crippen molar-refractivity contribution < 1.29 is 0 Å². The van der Waals surface area contributed by atoms with Gasteiger partial charge >= 0.3 is 0 Å². The van der Waals surface area contributed by atoms with Gasteiger partial charge in [0.1, 0.15) is 0 Å². The minimum Gasteiger partial charge on any atom is -0.316 e. The molecule has 0 aliphatic rings. The van der Waals surface area contributed by atoms with Crippen molar-refractivity contribution in [2.24, 2.45) is 0 Å². The molecule has 0 unspecified atom stereocenters. The Morgan fingerprint density at radius 2 is 2.19 bits per heavy atom. The molecular weight excluding hydrogens is 234 g/mol. The first-order valence-corrected chi connectivity index (χ1v) is 8.32. The highest BCUT2D eigenvalue weighted by Crippen LogP contribution is 2.06. The monoisotopic (exact) mass is 257 g/mol. The molecule has 16 heavy (non-hydrogen) atoms. The van der Waals surface area contributed by atoms with Crippen LogP contribution in [0.5, 0.6) is 0 Å². The minimum absolute atomic E-state index is 1.12. The van der Waals surface area contributed by atoms with Crippen molar-refractivity contribution in [3.63, 3.8) is 0 Å². The molecule has 1 aromatic rings. The standard InChI is InChI=1S/C13H23NS2/c1-2-3-4-9-15-11-8-14-7-5-13-6-10-16-12-13/h6,10,12,14H,2-5,7-9,11H2,1H3. The van der Waals surface area contributed by atoms with Crippen molar-refractivity contribution >= 4 is 23.1 Å². The van der Waals surface area contributed by atoms with Crippen LogP contribution in [-0.2, 0) is 6.42 Å². The van der Waals surface area contributed by atoms with E-state index in [1.807, 2.05) is 0 Å². The van der Waals surface area contributed by atoms with Crippen LogP contribution in [0.2, 0.25) is 0 Å². The van der Waals surface area contributed by atoms with Crippen LogP contribution in [0.3, 0.4) is 0 Å². The zero-order valence-corrected chi connectivity index (χ0v) is 11.8. The fourth-order valence-electron chi connectivity index (χ4n) is 1.49. The largest absolute Gasteiger partial charge is 0.316 e. The summed E-state index contributed by atoms with van der Waals surface area (Å²) in [6.45, 7) is 4.53. The maximum atomic E-state index is 3.50. The van der Waals surface area contributed by atoms with Crippen LogP contribution in [-0.4, -0.2) is 24.6 Å². The number of hydrogen-bond donors (Lipinski definition) is 1. The minimum atomic E-state index is 1.12. The van der Waals surface area contributed by atoms with Gasteiger partial charge < -0.3 is 5.32 Å². The van der Waals surface area contributed by atoms with Gasteiger partial charge in [0.25, 0.3) is 0 Å². The van der Waals surface area contributed by atoms with Gasteiger partial charge in [-0.1, -0.05) is 19.8 Å². The van der Waals surface area contributed by atoms with E-state index in [0.717, 1.165) is 13.1 Å². The quantitative estimate of drug-likeness (QED) is 0.640. The van der Waals surface area contributed by atoms with Gasteiger partial charge in [-0.3, -0.25) is 0 Å². The molecule has 0 fully saturated rings. The smallest absolute Gasteiger partial charge is 0.00581 e. The summed E-state index contributed by atoms with van der Waals surface area (Å²) < 4.78 is 0. The molecule has 1 heterocycles. The SMILES string of the molecule is CCCCCSCCNCCc1ccsc1. The second-order valence-corrected chi connectivity index (χ2v) is 5.96. The first-order valence-electron chi connectivity index (χ1n) is 6.23. The fourth-order valence-corrected chi connectivity index (χ4v) is 3.10. The first kappa shape index (κ1) is 14.1. The van der Waals surface area contributed by atoms with Crippen LogP contribution in [0.4, 0.5) is 0 Å². The van der Waals surface area contributed by atoms with Crippen molar-refractivity contribution in [3.8, 4) is 0 Å². The van der Waals surface area contributed by atoms with Gasteiger partial charge in [0.2, 0.25) is 0 Å². The zero-order chi connectivity index (χ0) is 11.5. The van der Waals surface area contributed by atoms with Crippen LogP contribution in [0.25, 0.3) is 0 Å². The van der Waals surface area contributed by atoms with E-state index in [4.69, 9.17) is 0 Å². The summed E-state index contributed by atoms with van der Waals surface area (Å²) >= 11 is 3.87. The number of nitrogens with one attached hydrogen (secondary N) is 1. The Kier molecular flexibility index (Phi) is 8.96. The van der Waals surface area contributed by atoms with Crippen molar-refractivity contribution in [2.45, 2.75) is 32.6 Å². The highest BCUT2D eigenvalue weighted by Gasteiger charge is 1.93. The van der Waals surface area contributed by atoms with Gasteiger partial charge in [-0.2, -0.15) is 23.1 Å². The van der Waals surface area contributed by atoms with E-state index in [0.29, 0.717) is 0 Å². The molecule has 1 rings (SSSR count). The maximum absolute atomic E-state index is 3.50. The van der Waals surface area contributed by atoms with Crippen LogP contribution < -0.4 is 5.32 Å². The molecule has 0 aliphatic heterocycles. The van der Waals surface area contributed by atoms with Gasteiger partial charge in [0.05, 0.1) is 0 Å². The molecule has 3 heteroatoms. The van der Waals surface area contributed by atoms with Crippen LogP contribution >= 0.6 is 23.1 Å². The Morgan fingerprint density at radius 3 is 2.94 bits per heavy atom. The van der Waals surface area contributed by atoms with Crippen molar-refractivity contribution in [1.82, 2.24) is 5.32 Å². The van der Waals surface area contributed by atoms with E-state index in [2.05, 4.69) is 40.8 Å². The molecule has 0 bridgehead atoms. The summed E-state index contributed by atoms with van der Waals surface area (Å²) in [6.07, 6.45) is 5.28. The summed E-state index contributed by atoms with van der Waals surface area (Å²) in [5.41, 5.74) is 1.47. The summed E-state index contributed by atoms with van der Waals surface area (Å²) in [5.74, 6) is 2.59. The van der Waals surface area contributed by atoms with Gasteiger partial charge in [0, 0.05) is 12.3 Å². The van der Waals surface area contributed by atoms with Gasteiger partial charge in [0.15, 0.2) is 0 Å². The lowest BCUT2D eigenvalue weighted by Gasteiger charge is -2.03. The molecule has 0 atom stereocenters. The normalized spacial score (nSPS) is 10.8. The van der Waals surface area contributed by atoms with E-state index >= 15 is 0 Å². The summed E-state index contributed by atoms with van der Waals surface area (Å²) in [6, 6.07) is 2.21. The number of rotatable bonds is 10. The molecule has 0 spiro atoms. The molecule has 0 aromatic carbocycles. The highest BCUT2D eigenvalue weighted by molar-refractivity contribution is 7.99.